The van der Waals surface area contributed by atoms with Crippen molar-refractivity contribution >= 4 is 11.8 Å². The highest BCUT2D eigenvalue weighted by Crippen LogP contribution is 2.01. The summed E-state index contributed by atoms with van der Waals surface area (Å²) in [6, 6.07) is 0. The Morgan fingerprint density at radius 2 is 2.29 bits per heavy atom. The molecule has 0 spiro atoms. The number of nitrogens with one attached hydrogen (secondary N) is 1. The van der Waals surface area contributed by atoms with Crippen molar-refractivity contribution in [2.45, 2.75) is 6.54 Å². The van der Waals surface area contributed by atoms with E-state index < -0.39 is 0 Å². The molecule has 0 unspecified atom stereocenters. The quantitative estimate of drug-likeness (QED) is 0.620. The van der Waals surface area contributed by atoms with E-state index in [0.717, 1.165) is 0 Å². The van der Waals surface area contributed by atoms with Gasteiger partial charge in [0.05, 0.1) is 19.3 Å². The predicted octanol–water partition coefficient (Wildman–Crippen LogP) is -0.679. The van der Waals surface area contributed by atoms with Crippen LogP contribution < -0.4 is 11.1 Å². The monoisotopic (exact) mass is 196 g/mol. The number of hydrogen-bond donors (Lipinski definition) is 2. The van der Waals surface area contributed by atoms with Crippen LogP contribution in [0, 0.1) is 0 Å². The number of methoxy groups -OCH3 is 1. The van der Waals surface area contributed by atoms with Gasteiger partial charge in [-0.25, -0.2) is 4.98 Å². The van der Waals surface area contributed by atoms with E-state index in [-0.39, 0.29) is 12.5 Å². The van der Waals surface area contributed by atoms with Crippen molar-refractivity contribution in [2.75, 3.05) is 19.4 Å². The first kappa shape index (κ1) is 10.4. The lowest BCUT2D eigenvalue weighted by molar-refractivity contribution is -0.139. The highest BCUT2D eigenvalue weighted by molar-refractivity contribution is 5.71. The van der Waals surface area contributed by atoms with Gasteiger partial charge in [-0.1, -0.05) is 0 Å². The van der Waals surface area contributed by atoms with Gasteiger partial charge in [0.15, 0.2) is 0 Å². The molecule has 6 heteroatoms. The molecular formula is C8H12N4O2. The number of nitrogens with two attached hydrogens (primary N) is 1. The fourth-order valence-corrected chi connectivity index (χ4v) is 0.869. The molecule has 0 aliphatic carbocycles. The van der Waals surface area contributed by atoms with Crippen LogP contribution in [0.4, 0.5) is 5.82 Å². The summed E-state index contributed by atoms with van der Waals surface area (Å²) in [5.74, 6) is 0.0392. The van der Waals surface area contributed by atoms with Gasteiger partial charge in [-0.2, -0.15) is 0 Å². The minimum Gasteiger partial charge on any atom is -0.468 e. The summed E-state index contributed by atoms with van der Waals surface area (Å²) in [6.07, 6.45) is 3.06. The van der Waals surface area contributed by atoms with Crippen LogP contribution in [0.3, 0.4) is 0 Å². The summed E-state index contributed by atoms with van der Waals surface area (Å²) in [5.41, 5.74) is 6.16. The number of aromatic nitrogens is 2. The van der Waals surface area contributed by atoms with Crippen molar-refractivity contribution < 1.29 is 9.53 Å². The molecule has 0 fully saturated rings. The Kier molecular flexibility index (Phi) is 3.81. The van der Waals surface area contributed by atoms with Gasteiger partial charge in [0.25, 0.3) is 0 Å². The molecule has 14 heavy (non-hydrogen) atoms. The Morgan fingerprint density at radius 1 is 1.57 bits per heavy atom. The summed E-state index contributed by atoms with van der Waals surface area (Å²) < 4.78 is 4.45. The summed E-state index contributed by atoms with van der Waals surface area (Å²) in [7, 11) is 1.33. The van der Waals surface area contributed by atoms with E-state index >= 15 is 0 Å². The van der Waals surface area contributed by atoms with Gasteiger partial charge < -0.3 is 15.8 Å². The van der Waals surface area contributed by atoms with Crippen molar-refractivity contribution in [3.8, 4) is 0 Å². The minimum atomic E-state index is -0.326. The van der Waals surface area contributed by atoms with E-state index in [1.165, 1.54) is 13.3 Å². The first-order valence-corrected chi connectivity index (χ1v) is 4.07. The largest absolute Gasteiger partial charge is 0.468 e. The first-order valence-electron chi connectivity index (χ1n) is 4.07. The lowest BCUT2D eigenvalue weighted by Crippen LogP contribution is -2.24. The third-order valence-electron chi connectivity index (χ3n) is 1.60. The number of carbonyl (C=O) groups is 1. The van der Waals surface area contributed by atoms with Crippen LogP contribution in [0.5, 0.6) is 0 Å². The van der Waals surface area contributed by atoms with Crippen molar-refractivity contribution in [1.29, 1.82) is 0 Å². The molecule has 6 nitrogen and oxygen atoms in total. The average molecular weight is 196 g/mol. The zero-order chi connectivity index (χ0) is 10.4. The molecule has 0 bridgehead atoms. The van der Waals surface area contributed by atoms with Crippen LogP contribution in [0.1, 0.15) is 5.69 Å². The van der Waals surface area contributed by atoms with Gasteiger partial charge in [-0.05, 0) is 0 Å². The highest BCUT2D eigenvalue weighted by atomic mass is 16.5. The second-order valence-electron chi connectivity index (χ2n) is 2.57. The van der Waals surface area contributed by atoms with Gasteiger partial charge in [0, 0.05) is 18.9 Å². The summed E-state index contributed by atoms with van der Waals surface area (Å²) in [4.78, 5) is 18.6. The molecule has 0 amide bonds. The molecule has 0 aliphatic heterocycles. The molecule has 1 aromatic heterocycles. The van der Waals surface area contributed by atoms with Crippen molar-refractivity contribution in [3.63, 3.8) is 0 Å². The van der Waals surface area contributed by atoms with Crippen LogP contribution in [0.2, 0.25) is 0 Å². The third kappa shape index (κ3) is 2.98. The molecule has 76 valence electrons. The Labute approximate surface area is 81.5 Å². The number of esters is 1. The summed E-state index contributed by atoms with van der Waals surface area (Å²) in [5, 5.41) is 2.84. The molecule has 0 saturated heterocycles. The number of rotatable bonds is 4. The number of ether oxygens (including phenoxy) is 1. The molecular weight excluding hydrogens is 184 g/mol. The molecule has 0 aromatic carbocycles. The molecule has 0 radical (unpaired) electrons. The predicted molar refractivity (Wildman–Crippen MR) is 50.2 cm³/mol. The number of anilines is 1. The highest BCUT2D eigenvalue weighted by Gasteiger charge is 2.02. The lowest BCUT2D eigenvalue weighted by Gasteiger charge is -2.04. The summed E-state index contributed by atoms with van der Waals surface area (Å²) in [6.45, 7) is 0.529. The molecule has 0 saturated carbocycles. The zero-order valence-electron chi connectivity index (χ0n) is 7.86. The number of nitrogen functional groups attached to an aromatic ring is 1. The van der Waals surface area contributed by atoms with Gasteiger partial charge in [-0.15, -0.1) is 0 Å². The molecule has 0 atom stereocenters. The zero-order valence-corrected chi connectivity index (χ0v) is 7.86. The Bertz CT molecular complexity index is 316. The first-order chi connectivity index (χ1) is 6.74. The van der Waals surface area contributed by atoms with Gasteiger partial charge >= 0.3 is 5.97 Å². The van der Waals surface area contributed by atoms with Crippen molar-refractivity contribution in [1.82, 2.24) is 15.3 Å². The Hall–Kier alpha value is -1.69. The van der Waals surface area contributed by atoms with Crippen LogP contribution in [-0.2, 0) is 16.1 Å². The molecule has 1 aromatic rings. The van der Waals surface area contributed by atoms with E-state index in [4.69, 9.17) is 5.73 Å². The smallest absolute Gasteiger partial charge is 0.319 e. The second-order valence-corrected chi connectivity index (χ2v) is 2.57. The normalized spacial score (nSPS) is 9.79. The maximum atomic E-state index is 10.7. The summed E-state index contributed by atoms with van der Waals surface area (Å²) >= 11 is 0. The Morgan fingerprint density at radius 3 is 2.93 bits per heavy atom. The van der Waals surface area contributed by atoms with E-state index in [1.807, 2.05) is 0 Å². The standard InChI is InChI=1S/C8H12N4O2/c1-14-7(13)5-10-4-6-8(9)12-3-2-11-6/h2-3,10H,4-5H2,1H3,(H2,9,12). The Balaban J connectivity index is 2.39. The van der Waals surface area contributed by atoms with Gasteiger partial charge in [0.2, 0.25) is 0 Å². The number of hydrogen-bond acceptors (Lipinski definition) is 6. The second kappa shape index (κ2) is 5.13. The average Bonchev–Trinajstić information content (AvgIpc) is 2.20. The fourth-order valence-electron chi connectivity index (χ4n) is 0.869. The number of carbonyl (C=O) groups excluding carboxylic acids is 1. The molecule has 1 heterocycles. The minimum absolute atomic E-state index is 0.131. The van der Waals surface area contributed by atoms with E-state index in [1.54, 1.807) is 6.20 Å². The van der Waals surface area contributed by atoms with E-state index in [9.17, 15) is 4.79 Å². The van der Waals surface area contributed by atoms with Crippen molar-refractivity contribution in [2.24, 2.45) is 0 Å². The van der Waals surface area contributed by atoms with Crippen molar-refractivity contribution in [3.05, 3.63) is 18.1 Å². The molecule has 0 aliphatic rings. The van der Waals surface area contributed by atoms with Crippen LogP contribution >= 0.6 is 0 Å². The van der Waals surface area contributed by atoms with Crippen LogP contribution in [-0.4, -0.2) is 29.6 Å². The molecule has 3 N–H and O–H groups in total. The van der Waals surface area contributed by atoms with Crippen LogP contribution in [0.15, 0.2) is 12.4 Å². The fraction of sp³-hybridized carbons (Fsp3) is 0.375. The lowest BCUT2D eigenvalue weighted by atomic mass is 10.4. The number of nitrogens with zero attached hydrogens (tertiary/aromatic N) is 2. The molecule has 1 rings (SSSR count). The van der Waals surface area contributed by atoms with Crippen LogP contribution in [0.25, 0.3) is 0 Å². The third-order valence-corrected chi connectivity index (χ3v) is 1.60. The SMILES string of the molecule is COC(=O)CNCc1nccnc1N. The topological polar surface area (TPSA) is 90.1 Å². The van der Waals surface area contributed by atoms with E-state index in [2.05, 4.69) is 20.0 Å². The van der Waals surface area contributed by atoms with Gasteiger partial charge in [-0.3, -0.25) is 9.78 Å². The maximum Gasteiger partial charge on any atom is 0.319 e. The maximum absolute atomic E-state index is 10.7. The van der Waals surface area contributed by atoms with E-state index in [0.29, 0.717) is 18.1 Å². The van der Waals surface area contributed by atoms with Gasteiger partial charge in [0.1, 0.15) is 5.82 Å².